The van der Waals surface area contributed by atoms with Crippen LogP contribution in [0.5, 0.6) is 0 Å². The summed E-state index contributed by atoms with van der Waals surface area (Å²) in [6.45, 7) is 13.9. The zero-order chi connectivity index (χ0) is 22.6. The molecule has 0 N–H and O–H groups in total. The topological polar surface area (TPSA) is 0 Å². The molecular weight excluding hydrogens is 372 g/mol. The molecule has 0 saturated carbocycles. The van der Waals surface area contributed by atoms with Gasteiger partial charge in [0.15, 0.2) is 0 Å². The van der Waals surface area contributed by atoms with Crippen molar-refractivity contribution in [3.63, 3.8) is 0 Å². The zero-order valence-corrected chi connectivity index (χ0v) is 21.5. The molecule has 0 spiro atoms. The van der Waals surface area contributed by atoms with Crippen LogP contribution in [0.25, 0.3) is 0 Å². The molecule has 0 aliphatic rings. The van der Waals surface area contributed by atoms with E-state index in [9.17, 15) is 0 Å². The first-order chi connectivity index (χ1) is 15.1. The third-order valence-corrected chi connectivity index (χ3v) is 6.50. The van der Waals surface area contributed by atoms with Gasteiger partial charge >= 0.3 is 0 Å². The monoisotopic (exact) mass is 420 g/mol. The number of hydrogen-bond donors (Lipinski definition) is 0. The third kappa shape index (κ3) is 7.23. The minimum atomic E-state index is 1.13. The van der Waals surface area contributed by atoms with Gasteiger partial charge in [0.1, 0.15) is 0 Å². The van der Waals surface area contributed by atoms with Crippen LogP contribution in [0.3, 0.4) is 0 Å². The lowest BCUT2D eigenvalue weighted by Crippen LogP contribution is -2.09. The molecule has 2 aromatic carbocycles. The summed E-state index contributed by atoms with van der Waals surface area (Å²) in [5.41, 5.74) is 12.9. The number of hydrogen-bond acceptors (Lipinski definition) is 0. The van der Waals surface area contributed by atoms with Gasteiger partial charge in [0.05, 0.1) is 0 Å². The Morgan fingerprint density at radius 1 is 0.387 bits per heavy atom. The van der Waals surface area contributed by atoms with Crippen LogP contribution in [0.1, 0.15) is 125 Å². The van der Waals surface area contributed by atoms with E-state index in [1.807, 2.05) is 0 Å². The van der Waals surface area contributed by atoms with Gasteiger partial charge in [0, 0.05) is 0 Å². The number of rotatable bonds is 14. The van der Waals surface area contributed by atoms with Crippen molar-refractivity contribution in [1.29, 1.82) is 0 Å². The van der Waals surface area contributed by atoms with Gasteiger partial charge in [-0.25, -0.2) is 0 Å². The van der Waals surface area contributed by atoms with Crippen molar-refractivity contribution in [3.8, 4) is 0 Å². The fourth-order valence-corrected chi connectivity index (χ4v) is 5.21. The average Bonchev–Trinajstić information content (AvgIpc) is 2.73. The lowest BCUT2D eigenvalue weighted by atomic mass is 9.83. The van der Waals surface area contributed by atoms with Crippen molar-refractivity contribution in [2.75, 3.05) is 0 Å². The highest BCUT2D eigenvalue weighted by atomic mass is 14.2. The highest BCUT2D eigenvalue weighted by Crippen LogP contribution is 2.30. The van der Waals surface area contributed by atoms with Crippen LogP contribution in [-0.4, -0.2) is 0 Å². The number of aryl methyl sites for hydroxylation is 6. The normalized spacial score (nSPS) is 11.3. The quantitative estimate of drug-likeness (QED) is 0.286. The Balaban J connectivity index is 2.63. The molecular formula is C31H48. The molecule has 0 nitrogen and oxygen atoms in total. The van der Waals surface area contributed by atoms with E-state index >= 15 is 0 Å². The van der Waals surface area contributed by atoms with Crippen LogP contribution in [0.15, 0.2) is 24.3 Å². The second-order valence-corrected chi connectivity index (χ2v) is 9.46. The Kier molecular flexibility index (Phi) is 11.4. The van der Waals surface area contributed by atoms with E-state index in [0.29, 0.717) is 0 Å². The second-order valence-electron chi connectivity index (χ2n) is 9.46. The summed E-state index contributed by atoms with van der Waals surface area (Å²) < 4.78 is 0. The lowest BCUT2D eigenvalue weighted by molar-refractivity contribution is 0.825. The van der Waals surface area contributed by atoms with E-state index in [4.69, 9.17) is 0 Å². The third-order valence-electron chi connectivity index (χ3n) is 6.50. The van der Waals surface area contributed by atoms with Gasteiger partial charge < -0.3 is 0 Å². The fraction of sp³-hybridized carbons (Fsp3) is 0.613. The van der Waals surface area contributed by atoms with E-state index < -0.39 is 0 Å². The summed E-state index contributed by atoms with van der Waals surface area (Å²) >= 11 is 0. The highest BCUT2D eigenvalue weighted by Gasteiger charge is 2.16. The Labute approximate surface area is 193 Å². The zero-order valence-electron chi connectivity index (χ0n) is 21.5. The van der Waals surface area contributed by atoms with Gasteiger partial charge in [0.25, 0.3) is 0 Å². The minimum Gasteiger partial charge on any atom is -0.0651 e. The largest absolute Gasteiger partial charge is 0.0651 e. The van der Waals surface area contributed by atoms with Crippen LogP contribution >= 0.6 is 0 Å². The fourth-order valence-electron chi connectivity index (χ4n) is 5.21. The van der Waals surface area contributed by atoms with Gasteiger partial charge in [-0.2, -0.15) is 0 Å². The maximum atomic E-state index is 2.55. The molecule has 0 heteroatoms. The van der Waals surface area contributed by atoms with Gasteiger partial charge in [-0.05, 0) is 89.5 Å². The van der Waals surface area contributed by atoms with Crippen molar-refractivity contribution >= 4 is 0 Å². The molecule has 0 heterocycles. The predicted octanol–water partition coefficient (Wildman–Crippen LogP) is 8.99. The average molecular weight is 421 g/mol. The first-order valence-corrected chi connectivity index (χ1v) is 13.4. The Morgan fingerprint density at radius 2 is 0.645 bits per heavy atom. The maximum Gasteiger partial charge on any atom is -0.00148 e. The molecule has 172 valence electrons. The van der Waals surface area contributed by atoms with Gasteiger partial charge in [0.2, 0.25) is 0 Å². The van der Waals surface area contributed by atoms with Crippen LogP contribution in [0, 0.1) is 0 Å². The smallest absolute Gasteiger partial charge is 0.00148 e. The molecule has 0 bridgehead atoms. The summed E-state index contributed by atoms with van der Waals surface area (Å²) in [6.07, 6.45) is 15.8. The van der Waals surface area contributed by atoms with Crippen molar-refractivity contribution in [2.24, 2.45) is 0 Å². The lowest BCUT2D eigenvalue weighted by Gasteiger charge is -2.22. The highest BCUT2D eigenvalue weighted by molar-refractivity contribution is 5.48. The van der Waals surface area contributed by atoms with Crippen LogP contribution < -0.4 is 0 Å². The van der Waals surface area contributed by atoms with E-state index in [1.54, 1.807) is 44.5 Å². The van der Waals surface area contributed by atoms with Crippen LogP contribution in [-0.2, 0) is 44.9 Å². The molecule has 0 atom stereocenters. The molecule has 0 aliphatic carbocycles. The second kappa shape index (κ2) is 13.8. The summed E-state index contributed by atoms with van der Waals surface area (Å²) in [4.78, 5) is 0. The molecule has 0 radical (unpaired) electrons. The van der Waals surface area contributed by atoms with E-state index in [2.05, 4.69) is 65.8 Å². The van der Waals surface area contributed by atoms with E-state index in [0.717, 1.165) is 6.42 Å². The molecule has 0 unspecified atom stereocenters. The molecule has 0 aromatic heterocycles. The Morgan fingerprint density at radius 3 is 0.871 bits per heavy atom. The maximum absolute atomic E-state index is 2.55. The van der Waals surface area contributed by atoms with Crippen molar-refractivity contribution in [3.05, 3.63) is 68.8 Å². The van der Waals surface area contributed by atoms with Gasteiger partial charge in [-0.3, -0.25) is 0 Å². The number of benzene rings is 2. The summed E-state index contributed by atoms with van der Waals surface area (Å²) in [5, 5.41) is 0. The molecule has 31 heavy (non-hydrogen) atoms. The SMILES string of the molecule is CCCc1cc(CCC)c(Cc2c(CCC)cc(CCC)cc2CCC)c(CCC)c1. The Hall–Kier alpha value is -1.56. The summed E-state index contributed by atoms with van der Waals surface area (Å²) in [6, 6.07) is 10.2. The molecule has 0 saturated heterocycles. The van der Waals surface area contributed by atoms with E-state index in [1.165, 1.54) is 77.0 Å². The first kappa shape index (κ1) is 25.7. The minimum absolute atomic E-state index is 1.13. The van der Waals surface area contributed by atoms with Gasteiger partial charge in [-0.15, -0.1) is 0 Å². The predicted molar refractivity (Wildman–Crippen MR) is 140 cm³/mol. The molecule has 0 aliphatic heterocycles. The first-order valence-electron chi connectivity index (χ1n) is 13.4. The van der Waals surface area contributed by atoms with Crippen LogP contribution in [0.4, 0.5) is 0 Å². The Bertz CT molecular complexity index is 674. The molecule has 0 fully saturated rings. The van der Waals surface area contributed by atoms with Crippen LogP contribution in [0.2, 0.25) is 0 Å². The summed E-state index contributed by atoms with van der Waals surface area (Å²) in [5.74, 6) is 0. The summed E-state index contributed by atoms with van der Waals surface area (Å²) in [7, 11) is 0. The standard InChI is InChI=1S/C31H48/c1-7-13-24-19-26(15-9-3)30(27(20-24)16-10-4)23-31-28(17-11-5)21-25(14-8-2)22-29(31)18-12-6/h19-22H,7-18,23H2,1-6H3. The van der Waals surface area contributed by atoms with Gasteiger partial charge in [-0.1, -0.05) is 104 Å². The molecule has 2 aromatic rings. The van der Waals surface area contributed by atoms with Crippen molar-refractivity contribution < 1.29 is 0 Å². The molecule has 0 amide bonds. The molecule has 2 rings (SSSR count). The van der Waals surface area contributed by atoms with Crippen molar-refractivity contribution in [2.45, 2.75) is 125 Å². The van der Waals surface area contributed by atoms with E-state index in [-0.39, 0.29) is 0 Å². The van der Waals surface area contributed by atoms with Crippen molar-refractivity contribution in [1.82, 2.24) is 0 Å².